The first kappa shape index (κ1) is 43.1. The van der Waals surface area contributed by atoms with Crippen molar-refractivity contribution in [2.75, 3.05) is 14.7 Å². The Bertz CT molecular complexity index is 3600. The van der Waals surface area contributed by atoms with E-state index in [9.17, 15) is 0 Å². The average molecular weight is 912 g/mol. The summed E-state index contributed by atoms with van der Waals surface area (Å²) in [6, 6.07) is 59.4. The Hall–Kier alpha value is -6.98. The molecule has 5 heteroatoms. The maximum atomic E-state index is 6.99. The summed E-state index contributed by atoms with van der Waals surface area (Å²) in [5.74, 6) is 0. The lowest BCUT2D eigenvalue weighted by Gasteiger charge is -2.46. The number of hydrogen-bond acceptors (Lipinski definition) is 4. The molecule has 0 fully saturated rings. The summed E-state index contributed by atoms with van der Waals surface area (Å²) in [6.45, 7) is 24.3. The molecule has 346 valence electrons. The highest BCUT2D eigenvalue weighted by Crippen LogP contribution is 2.55. The molecule has 4 aliphatic rings. The Balaban J connectivity index is 1.15. The number of anilines is 9. The molecule has 8 aromatic carbocycles. The van der Waals surface area contributed by atoms with Crippen molar-refractivity contribution in [2.24, 2.45) is 0 Å². The van der Waals surface area contributed by atoms with E-state index in [2.05, 4.69) is 242 Å². The Morgan fingerprint density at radius 1 is 0.443 bits per heavy atom. The second-order valence-electron chi connectivity index (χ2n) is 23.7. The first-order chi connectivity index (χ1) is 33.5. The van der Waals surface area contributed by atoms with Gasteiger partial charge in [-0.3, -0.25) is 0 Å². The van der Waals surface area contributed by atoms with Gasteiger partial charge >= 0.3 is 0 Å². The fourth-order valence-electron chi connectivity index (χ4n) is 13.7. The lowest BCUT2D eigenvalue weighted by atomic mass is 9.33. The van der Waals surface area contributed by atoms with Crippen LogP contribution in [0, 0.1) is 13.8 Å². The standard InChI is InChI=1S/C65H62BN3O/c1-40-32-57-60-58(33-40)69(54-37-49-47(34-41(54)2)62(3,4)30-31-63(49,5)6)56-38-50-48(64(7,8)39-65(50,9)10)36-52(56)66(60)51-29-28-44(67(42-20-13-11-14-21-42)43-22-15-12-16-23-43)35-55(51)68(57)53-26-19-25-46-45-24-17-18-27-59(45)70-61(46)53/h11-29,32-38H,30-31,39H2,1-10H3. The highest BCUT2D eigenvalue weighted by molar-refractivity contribution is 7.00. The summed E-state index contributed by atoms with van der Waals surface area (Å²) in [6.07, 6.45) is 3.45. The number of furan rings is 1. The van der Waals surface area contributed by atoms with E-state index in [4.69, 9.17) is 4.42 Å². The van der Waals surface area contributed by atoms with Gasteiger partial charge in [-0.1, -0.05) is 140 Å². The first-order valence-electron chi connectivity index (χ1n) is 25.5. The number of benzene rings is 8. The molecule has 4 nitrogen and oxygen atoms in total. The van der Waals surface area contributed by atoms with Crippen molar-refractivity contribution in [3.05, 3.63) is 191 Å². The van der Waals surface area contributed by atoms with E-state index < -0.39 is 0 Å². The van der Waals surface area contributed by atoms with Crippen LogP contribution in [0.4, 0.5) is 51.2 Å². The lowest BCUT2D eigenvalue weighted by Crippen LogP contribution is -2.61. The summed E-state index contributed by atoms with van der Waals surface area (Å²) in [4.78, 5) is 7.64. The smallest absolute Gasteiger partial charge is 0.252 e. The monoisotopic (exact) mass is 911 g/mol. The summed E-state index contributed by atoms with van der Waals surface area (Å²) in [7, 11) is 0. The molecule has 0 atom stereocenters. The van der Waals surface area contributed by atoms with Gasteiger partial charge in [-0.2, -0.15) is 0 Å². The molecule has 0 radical (unpaired) electrons. The maximum Gasteiger partial charge on any atom is 0.252 e. The number of aryl methyl sites for hydroxylation is 2. The fraction of sp³-hybridized carbons (Fsp3) is 0.262. The molecule has 0 spiro atoms. The van der Waals surface area contributed by atoms with Crippen LogP contribution in [0.3, 0.4) is 0 Å². The first-order valence-corrected chi connectivity index (χ1v) is 25.5. The zero-order valence-electron chi connectivity index (χ0n) is 42.5. The molecule has 0 saturated heterocycles. The van der Waals surface area contributed by atoms with Gasteiger partial charge < -0.3 is 19.1 Å². The quantitative estimate of drug-likeness (QED) is 0.161. The third-order valence-corrected chi connectivity index (χ3v) is 17.0. The van der Waals surface area contributed by atoms with E-state index in [0.29, 0.717) is 0 Å². The highest BCUT2D eigenvalue weighted by Gasteiger charge is 2.49. The number of para-hydroxylation sites is 4. The molecule has 0 unspecified atom stereocenters. The van der Waals surface area contributed by atoms with E-state index >= 15 is 0 Å². The maximum absolute atomic E-state index is 6.99. The second-order valence-corrected chi connectivity index (χ2v) is 23.7. The molecule has 2 aliphatic heterocycles. The number of nitrogens with zero attached hydrogens (tertiary/aromatic N) is 3. The Kier molecular flexibility index (Phi) is 9.09. The van der Waals surface area contributed by atoms with Crippen molar-refractivity contribution in [1.82, 2.24) is 0 Å². The van der Waals surface area contributed by atoms with Gasteiger partial charge in [0.15, 0.2) is 5.58 Å². The molecule has 2 aliphatic carbocycles. The minimum atomic E-state index is -0.0351. The van der Waals surface area contributed by atoms with Gasteiger partial charge in [0.2, 0.25) is 0 Å². The molecule has 70 heavy (non-hydrogen) atoms. The predicted octanol–water partition coefficient (Wildman–Crippen LogP) is 16.1. The van der Waals surface area contributed by atoms with Gasteiger partial charge in [0, 0.05) is 56.3 Å². The molecule has 0 saturated carbocycles. The molecule has 3 heterocycles. The van der Waals surface area contributed by atoms with Gasteiger partial charge in [-0.25, -0.2) is 0 Å². The fourth-order valence-corrected chi connectivity index (χ4v) is 13.7. The molecule has 0 amide bonds. The Labute approximate surface area is 414 Å². The van der Waals surface area contributed by atoms with Gasteiger partial charge in [0.25, 0.3) is 6.71 Å². The van der Waals surface area contributed by atoms with Crippen molar-refractivity contribution in [3.63, 3.8) is 0 Å². The molecule has 9 aromatic rings. The zero-order valence-corrected chi connectivity index (χ0v) is 42.5. The SMILES string of the molecule is Cc1cc2c3c(c1)N(c1cccc4c1oc1ccccc14)c1cc(N(c4ccccc4)c4ccccc4)ccc1B3c1cc3c(cc1N2c1cc2c(cc1C)C(C)(C)CCC2(C)C)C(C)(C)CC3(C)C. The van der Waals surface area contributed by atoms with Gasteiger partial charge in [0.05, 0.1) is 5.69 Å². The van der Waals surface area contributed by atoms with Crippen LogP contribution in [0.5, 0.6) is 0 Å². The van der Waals surface area contributed by atoms with E-state index in [1.807, 2.05) is 0 Å². The molecule has 0 bridgehead atoms. The minimum Gasteiger partial charge on any atom is -0.454 e. The van der Waals surface area contributed by atoms with Crippen LogP contribution in [-0.2, 0) is 21.7 Å². The van der Waals surface area contributed by atoms with E-state index in [-0.39, 0.29) is 28.4 Å². The van der Waals surface area contributed by atoms with Gasteiger partial charge in [0.1, 0.15) is 5.58 Å². The van der Waals surface area contributed by atoms with E-state index in [1.54, 1.807) is 0 Å². The van der Waals surface area contributed by atoms with Crippen LogP contribution in [0.1, 0.15) is 108 Å². The summed E-state index contributed by atoms with van der Waals surface area (Å²) >= 11 is 0. The van der Waals surface area contributed by atoms with Crippen molar-refractivity contribution in [3.8, 4) is 0 Å². The third-order valence-electron chi connectivity index (χ3n) is 17.0. The van der Waals surface area contributed by atoms with Crippen LogP contribution in [0.25, 0.3) is 21.9 Å². The van der Waals surface area contributed by atoms with E-state index in [1.165, 1.54) is 78.9 Å². The second kappa shape index (κ2) is 14.8. The Morgan fingerprint density at radius 2 is 0.986 bits per heavy atom. The number of rotatable bonds is 5. The van der Waals surface area contributed by atoms with Crippen molar-refractivity contribution >= 4 is 96.2 Å². The molecular formula is C65H62BN3O. The van der Waals surface area contributed by atoms with Gasteiger partial charge in [-0.15, -0.1) is 0 Å². The molecule has 13 rings (SSSR count). The normalized spacial score (nSPS) is 17.5. The molecule has 1 aromatic heterocycles. The zero-order chi connectivity index (χ0) is 48.2. The molecular weight excluding hydrogens is 850 g/mol. The highest BCUT2D eigenvalue weighted by atomic mass is 16.3. The van der Waals surface area contributed by atoms with Crippen LogP contribution in [0.15, 0.2) is 162 Å². The summed E-state index contributed by atoms with van der Waals surface area (Å²) in [5.41, 5.74) is 25.0. The summed E-state index contributed by atoms with van der Waals surface area (Å²) < 4.78 is 6.99. The van der Waals surface area contributed by atoms with E-state index in [0.717, 1.165) is 63.2 Å². The minimum absolute atomic E-state index is 0.0165. The van der Waals surface area contributed by atoms with Crippen LogP contribution < -0.4 is 31.1 Å². The lowest BCUT2D eigenvalue weighted by molar-refractivity contribution is 0.332. The van der Waals surface area contributed by atoms with Gasteiger partial charge in [-0.05, 0) is 177 Å². The molecule has 0 N–H and O–H groups in total. The van der Waals surface area contributed by atoms with Crippen molar-refractivity contribution in [1.29, 1.82) is 0 Å². The van der Waals surface area contributed by atoms with Crippen LogP contribution in [-0.4, -0.2) is 6.71 Å². The Morgan fingerprint density at radius 3 is 1.66 bits per heavy atom. The van der Waals surface area contributed by atoms with Crippen molar-refractivity contribution in [2.45, 2.75) is 110 Å². The van der Waals surface area contributed by atoms with Crippen LogP contribution in [0.2, 0.25) is 0 Å². The average Bonchev–Trinajstić information content (AvgIpc) is 3.80. The topological polar surface area (TPSA) is 22.9 Å². The predicted molar refractivity (Wildman–Crippen MR) is 298 cm³/mol. The van der Waals surface area contributed by atoms with Crippen LogP contribution >= 0.6 is 0 Å². The third kappa shape index (κ3) is 6.22. The number of fused-ring (bicyclic) bond motifs is 9. The number of hydrogen-bond donors (Lipinski definition) is 0. The summed E-state index contributed by atoms with van der Waals surface area (Å²) in [5, 5.41) is 2.24. The largest absolute Gasteiger partial charge is 0.454 e. The van der Waals surface area contributed by atoms with Crippen molar-refractivity contribution < 1.29 is 4.42 Å².